The van der Waals surface area contributed by atoms with Crippen LogP contribution < -0.4 is 0 Å². The molecular formula is C15H22N4. The van der Waals surface area contributed by atoms with Gasteiger partial charge < -0.3 is 4.90 Å². The summed E-state index contributed by atoms with van der Waals surface area (Å²) in [5.41, 5.74) is 2.19. The van der Waals surface area contributed by atoms with Gasteiger partial charge in [-0.15, -0.1) is 10.2 Å². The Kier molecular flexibility index (Phi) is 3.27. The van der Waals surface area contributed by atoms with Crippen molar-refractivity contribution in [2.45, 2.75) is 39.7 Å². The van der Waals surface area contributed by atoms with Crippen molar-refractivity contribution in [3.63, 3.8) is 0 Å². The second-order valence-corrected chi connectivity index (χ2v) is 5.92. The van der Waals surface area contributed by atoms with Crippen molar-refractivity contribution in [3.05, 3.63) is 29.7 Å². The monoisotopic (exact) mass is 258 g/mol. The van der Waals surface area contributed by atoms with E-state index in [2.05, 4.69) is 46.3 Å². The topological polar surface area (TPSA) is 33.4 Å². The van der Waals surface area contributed by atoms with E-state index in [0.717, 1.165) is 23.8 Å². The highest BCUT2D eigenvalue weighted by molar-refractivity contribution is 5.39. The van der Waals surface area contributed by atoms with Gasteiger partial charge in [-0.1, -0.05) is 6.07 Å². The molecule has 0 N–H and O–H groups in total. The highest BCUT2D eigenvalue weighted by atomic mass is 15.3. The molecule has 1 aliphatic rings. The predicted molar refractivity (Wildman–Crippen MR) is 76.2 cm³/mol. The fourth-order valence-electron chi connectivity index (χ4n) is 3.06. The Morgan fingerprint density at radius 1 is 1.32 bits per heavy atom. The molecule has 0 saturated carbocycles. The number of likely N-dealkylation sites (tertiary alicyclic amines) is 1. The molecule has 19 heavy (non-hydrogen) atoms. The average molecular weight is 258 g/mol. The minimum Gasteiger partial charge on any atom is -0.301 e. The first-order valence-electron chi connectivity index (χ1n) is 7.19. The Hall–Kier alpha value is -1.42. The summed E-state index contributed by atoms with van der Waals surface area (Å²) in [6.07, 6.45) is 2.31. The lowest BCUT2D eigenvalue weighted by Gasteiger charge is -2.20. The number of aryl methyl sites for hydroxylation is 1. The zero-order chi connectivity index (χ0) is 13.4. The van der Waals surface area contributed by atoms with Crippen LogP contribution in [0.3, 0.4) is 0 Å². The van der Waals surface area contributed by atoms with Crippen LogP contribution >= 0.6 is 0 Å². The molecule has 102 valence electrons. The molecule has 0 amide bonds. The minimum absolute atomic E-state index is 0.655. The van der Waals surface area contributed by atoms with E-state index in [0.29, 0.717) is 6.04 Å². The van der Waals surface area contributed by atoms with Crippen molar-refractivity contribution in [1.82, 2.24) is 19.5 Å². The second-order valence-electron chi connectivity index (χ2n) is 5.92. The molecule has 0 spiro atoms. The maximum atomic E-state index is 4.38. The van der Waals surface area contributed by atoms with Crippen LogP contribution in [0.4, 0.5) is 0 Å². The van der Waals surface area contributed by atoms with Gasteiger partial charge in [0.25, 0.3) is 0 Å². The minimum atomic E-state index is 0.655. The largest absolute Gasteiger partial charge is 0.301 e. The zero-order valence-corrected chi connectivity index (χ0v) is 12.0. The Morgan fingerprint density at radius 3 is 2.89 bits per heavy atom. The van der Waals surface area contributed by atoms with E-state index >= 15 is 0 Å². The van der Waals surface area contributed by atoms with Gasteiger partial charge in [0.15, 0.2) is 5.65 Å². The molecule has 0 radical (unpaired) electrons. The van der Waals surface area contributed by atoms with Gasteiger partial charge in [0.05, 0.1) is 0 Å². The third-order valence-corrected chi connectivity index (χ3v) is 4.21. The standard InChI is InChI=1S/C15H22N4/c1-11(2)18-8-7-13(10-18)9-15-17-16-14-6-4-5-12(3)19(14)15/h4-6,11,13H,7-10H2,1-3H3. The average Bonchev–Trinajstić information content (AvgIpc) is 2.98. The molecule has 2 aromatic heterocycles. The number of hydrogen-bond acceptors (Lipinski definition) is 3. The van der Waals surface area contributed by atoms with Crippen LogP contribution in [0.15, 0.2) is 18.2 Å². The van der Waals surface area contributed by atoms with Gasteiger partial charge in [0.1, 0.15) is 5.82 Å². The van der Waals surface area contributed by atoms with E-state index in [9.17, 15) is 0 Å². The van der Waals surface area contributed by atoms with Crippen molar-refractivity contribution < 1.29 is 0 Å². The van der Waals surface area contributed by atoms with E-state index < -0.39 is 0 Å². The highest BCUT2D eigenvalue weighted by Crippen LogP contribution is 2.22. The summed E-state index contributed by atoms with van der Waals surface area (Å²) in [6.45, 7) is 9.09. The van der Waals surface area contributed by atoms with Gasteiger partial charge >= 0.3 is 0 Å². The predicted octanol–water partition coefficient (Wildman–Crippen LogP) is 2.31. The summed E-state index contributed by atoms with van der Waals surface area (Å²) in [6, 6.07) is 6.84. The van der Waals surface area contributed by atoms with Crippen LogP contribution in [0.2, 0.25) is 0 Å². The summed E-state index contributed by atoms with van der Waals surface area (Å²) < 4.78 is 2.19. The van der Waals surface area contributed by atoms with Crippen LogP contribution in [0.1, 0.15) is 31.8 Å². The van der Waals surface area contributed by atoms with E-state index in [1.54, 1.807) is 0 Å². The molecule has 4 heteroatoms. The number of fused-ring (bicyclic) bond motifs is 1. The van der Waals surface area contributed by atoms with E-state index in [4.69, 9.17) is 0 Å². The Morgan fingerprint density at radius 2 is 2.16 bits per heavy atom. The number of hydrogen-bond donors (Lipinski definition) is 0. The molecule has 4 nitrogen and oxygen atoms in total. The molecular weight excluding hydrogens is 236 g/mol. The van der Waals surface area contributed by atoms with Crippen molar-refractivity contribution in [1.29, 1.82) is 0 Å². The third-order valence-electron chi connectivity index (χ3n) is 4.21. The van der Waals surface area contributed by atoms with Gasteiger partial charge in [0, 0.05) is 24.7 Å². The number of aromatic nitrogens is 3. The maximum Gasteiger partial charge on any atom is 0.160 e. The first kappa shape index (κ1) is 12.6. The van der Waals surface area contributed by atoms with Crippen molar-refractivity contribution >= 4 is 5.65 Å². The lowest BCUT2D eigenvalue weighted by Crippen LogP contribution is -2.28. The summed E-state index contributed by atoms with van der Waals surface area (Å²) in [7, 11) is 0. The summed E-state index contributed by atoms with van der Waals surface area (Å²) in [5.74, 6) is 1.83. The van der Waals surface area contributed by atoms with Gasteiger partial charge in [0.2, 0.25) is 0 Å². The van der Waals surface area contributed by atoms with Gasteiger partial charge in [-0.2, -0.15) is 0 Å². The summed E-state index contributed by atoms with van der Waals surface area (Å²) in [4.78, 5) is 2.56. The molecule has 3 heterocycles. The normalized spacial score (nSPS) is 20.7. The maximum absolute atomic E-state index is 4.38. The molecule has 0 bridgehead atoms. The SMILES string of the molecule is Cc1cccc2nnc(CC3CCN(C(C)C)C3)n12. The van der Waals surface area contributed by atoms with Crippen LogP contribution in [0, 0.1) is 12.8 Å². The Balaban J connectivity index is 1.79. The van der Waals surface area contributed by atoms with Crippen molar-refractivity contribution in [2.24, 2.45) is 5.92 Å². The molecule has 1 saturated heterocycles. The lowest BCUT2D eigenvalue weighted by molar-refractivity contribution is 0.264. The van der Waals surface area contributed by atoms with E-state index in [1.807, 2.05) is 12.1 Å². The molecule has 1 atom stereocenters. The van der Waals surface area contributed by atoms with Crippen molar-refractivity contribution in [3.8, 4) is 0 Å². The third kappa shape index (κ3) is 2.37. The number of rotatable bonds is 3. The number of nitrogens with zero attached hydrogens (tertiary/aromatic N) is 4. The number of pyridine rings is 1. The van der Waals surface area contributed by atoms with Gasteiger partial charge in [-0.3, -0.25) is 4.40 Å². The van der Waals surface area contributed by atoms with Crippen LogP contribution in [0.5, 0.6) is 0 Å². The molecule has 2 aromatic rings. The second kappa shape index (κ2) is 4.93. The zero-order valence-electron chi connectivity index (χ0n) is 12.0. The van der Waals surface area contributed by atoms with Gasteiger partial charge in [-0.05, 0) is 51.8 Å². The van der Waals surface area contributed by atoms with E-state index in [1.165, 1.54) is 25.2 Å². The molecule has 0 aliphatic carbocycles. The first-order valence-corrected chi connectivity index (χ1v) is 7.19. The molecule has 1 aliphatic heterocycles. The van der Waals surface area contributed by atoms with Crippen molar-refractivity contribution in [2.75, 3.05) is 13.1 Å². The first-order chi connectivity index (χ1) is 9.15. The molecule has 1 fully saturated rings. The van der Waals surface area contributed by atoms with E-state index in [-0.39, 0.29) is 0 Å². The fourth-order valence-corrected chi connectivity index (χ4v) is 3.06. The van der Waals surface area contributed by atoms with Gasteiger partial charge in [-0.25, -0.2) is 0 Å². The quantitative estimate of drug-likeness (QED) is 0.847. The molecule has 1 unspecified atom stereocenters. The Bertz CT molecular complexity index is 573. The van der Waals surface area contributed by atoms with Crippen LogP contribution in [-0.4, -0.2) is 38.6 Å². The smallest absolute Gasteiger partial charge is 0.160 e. The molecule has 0 aromatic carbocycles. The fraction of sp³-hybridized carbons (Fsp3) is 0.600. The Labute approximate surface area is 114 Å². The highest BCUT2D eigenvalue weighted by Gasteiger charge is 2.25. The van der Waals surface area contributed by atoms with Crippen LogP contribution in [-0.2, 0) is 6.42 Å². The van der Waals surface area contributed by atoms with Crippen LogP contribution in [0.25, 0.3) is 5.65 Å². The molecule has 3 rings (SSSR count). The summed E-state index contributed by atoms with van der Waals surface area (Å²) >= 11 is 0. The lowest BCUT2D eigenvalue weighted by atomic mass is 10.0. The summed E-state index contributed by atoms with van der Waals surface area (Å²) in [5, 5.41) is 8.66.